The van der Waals surface area contributed by atoms with Gasteiger partial charge in [0.1, 0.15) is 0 Å². The molecule has 1 aliphatic rings. The SMILES string of the molecule is CN1CC(=O)N(C)C(O)C1=O. The van der Waals surface area contributed by atoms with E-state index in [2.05, 4.69) is 0 Å². The zero-order chi connectivity index (χ0) is 8.59. The maximum absolute atomic E-state index is 11.0. The molecule has 0 aromatic heterocycles. The number of carbonyl (C=O) groups is 2. The van der Waals surface area contributed by atoms with Gasteiger partial charge in [-0.3, -0.25) is 9.59 Å². The smallest absolute Gasteiger partial charge is 0.272 e. The first kappa shape index (κ1) is 8.00. The van der Waals surface area contributed by atoms with Crippen LogP contribution >= 0.6 is 0 Å². The number of amides is 2. The molecule has 0 saturated carbocycles. The van der Waals surface area contributed by atoms with Crippen LogP contribution in [0.25, 0.3) is 0 Å². The summed E-state index contributed by atoms with van der Waals surface area (Å²) in [5, 5.41) is 9.10. The topological polar surface area (TPSA) is 60.9 Å². The Balaban J connectivity index is 2.78. The summed E-state index contributed by atoms with van der Waals surface area (Å²) in [7, 11) is 2.88. The largest absolute Gasteiger partial charge is 0.365 e. The molecule has 0 aromatic carbocycles. The molecule has 1 rings (SSSR count). The molecule has 5 heteroatoms. The van der Waals surface area contributed by atoms with Gasteiger partial charge in [0, 0.05) is 14.1 Å². The normalized spacial score (nSPS) is 26.3. The average Bonchev–Trinajstić information content (AvgIpc) is 1.97. The summed E-state index contributed by atoms with van der Waals surface area (Å²) >= 11 is 0. The number of hydrogen-bond donors (Lipinski definition) is 1. The molecule has 1 heterocycles. The molecule has 1 aliphatic heterocycles. The Morgan fingerprint density at radius 3 is 2.55 bits per heavy atom. The highest BCUT2D eigenvalue weighted by molar-refractivity contribution is 5.93. The fourth-order valence-corrected chi connectivity index (χ4v) is 0.892. The van der Waals surface area contributed by atoms with Crippen molar-refractivity contribution in [2.45, 2.75) is 6.23 Å². The van der Waals surface area contributed by atoms with Crippen molar-refractivity contribution in [3.8, 4) is 0 Å². The summed E-state index contributed by atoms with van der Waals surface area (Å²) in [6.07, 6.45) is -1.30. The fourth-order valence-electron chi connectivity index (χ4n) is 0.892. The summed E-state index contributed by atoms with van der Waals surface area (Å²) in [5.41, 5.74) is 0. The van der Waals surface area contributed by atoms with Crippen LogP contribution in [0.4, 0.5) is 0 Å². The van der Waals surface area contributed by atoms with E-state index in [1.807, 2.05) is 0 Å². The van der Waals surface area contributed by atoms with Gasteiger partial charge in [0.25, 0.3) is 5.91 Å². The lowest BCUT2D eigenvalue weighted by atomic mass is 10.3. The van der Waals surface area contributed by atoms with Gasteiger partial charge in [0.15, 0.2) is 0 Å². The third-order valence-corrected chi connectivity index (χ3v) is 1.73. The van der Waals surface area contributed by atoms with E-state index in [1.54, 1.807) is 0 Å². The number of nitrogens with zero attached hydrogens (tertiary/aromatic N) is 2. The number of likely N-dealkylation sites (N-methyl/N-ethyl adjacent to an activating group) is 2. The minimum atomic E-state index is -1.30. The lowest BCUT2D eigenvalue weighted by molar-refractivity contribution is -0.166. The Morgan fingerprint density at radius 1 is 1.45 bits per heavy atom. The number of piperazine rings is 1. The van der Waals surface area contributed by atoms with Crippen LogP contribution in [0.3, 0.4) is 0 Å². The molecular formula is C6H10N2O3. The van der Waals surface area contributed by atoms with E-state index in [1.165, 1.54) is 19.0 Å². The molecule has 1 unspecified atom stereocenters. The Hall–Kier alpha value is -1.10. The van der Waals surface area contributed by atoms with Crippen LogP contribution in [0.15, 0.2) is 0 Å². The van der Waals surface area contributed by atoms with Crippen LogP contribution in [0, 0.1) is 0 Å². The van der Waals surface area contributed by atoms with Crippen molar-refractivity contribution in [1.29, 1.82) is 0 Å². The highest BCUT2D eigenvalue weighted by Crippen LogP contribution is 2.05. The van der Waals surface area contributed by atoms with Crippen LogP contribution in [-0.2, 0) is 9.59 Å². The molecule has 0 bridgehead atoms. The monoisotopic (exact) mass is 158 g/mol. The Bertz CT molecular complexity index is 204. The lowest BCUT2D eigenvalue weighted by Crippen LogP contribution is -2.57. The van der Waals surface area contributed by atoms with Crippen molar-refractivity contribution in [2.24, 2.45) is 0 Å². The van der Waals surface area contributed by atoms with Crippen molar-refractivity contribution in [3.05, 3.63) is 0 Å². The zero-order valence-corrected chi connectivity index (χ0v) is 6.44. The first-order valence-electron chi connectivity index (χ1n) is 3.22. The molecule has 11 heavy (non-hydrogen) atoms. The Morgan fingerprint density at radius 2 is 2.00 bits per heavy atom. The maximum Gasteiger partial charge on any atom is 0.272 e. The maximum atomic E-state index is 11.0. The average molecular weight is 158 g/mol. The van der Waals surface area contributed by atoms with Crippen LogP contribution in [-0.4, -0.2) is 53.6 Å². The van der Waals surface area contributed by atoms with E-state index in [4.69, 9.17) is 5.11 Å². The molecule has 1 saturated heterocycles. The van der Waals surface area contributed by atoms with Crippen molar-refractivity contribution in [1.82, 2.24) is 9.80 Å². The molecule has 62 valence electrons. The van der Waals surface area contributed by atoms with Gasteiger partial charge >= 0.3 is 0 Å². The summed E-state index contributed by atoms with van der Waals surface area (Å²) in [4.78, 5) is 24.1. The number of rotatable bonds is 0. The quantitative estimate of drug-likeness (QED) is 0.454. The van der Waals surface area contributed by atoms with Gasteiger partial charge in [-0.15, -0.1) is 0 Å². The number of carbonyl (C=O) groups excluding carboxylic acids is 2. The Labute approximate surface area is 64.2 Å². The third kappa shape index (κ3) is 1.19. The van der Waals surface area contributed by atoms with E-state index in [9.17, 15) is 9.59 Å². The minimum absolute atomic E-state index is 0.0480. The molecule has 1 fully saturated rings. The second-order valence-corrected chi connectivity index (χ2v) is 2.57. The zero-order valence-electron chi connectivity index (χ0n) is 6.44. The lowest BCUT2D eigenvalue weighted by Gasteiger charge is -2.32. The first-order chi connectivity index (χ1) is 5.04. The van der Waals surface area contributed by atoms with E-state index in [0.29, 0.717) is 0 Å². The molecule has 0 aliphatic carbocycles. The Kier molecular flexibility index (Phi) is 1.82. The number of aliphatic hydroxyl groups is 1. The highest BCUT2D eigenvalue weighted by Gasteiger charge is 2.33. The molecule has 1 atom stereocenters. The van der Waals surface area contributed by atoms with Gasteiger partial charge in [-0.25, -0.2) is 0 Å². The van der Waals surface area contributed by atoms with Gasteiger partial charge < -0.3 is 14.9 Å². The van der Waals surface area contributed by atoms with Crippen molar-refractivity contribution in [3.63, 3.8) is 0 Å². The predicted molar refractivity (Wildman–Crippen MR) is 36.4 cm³/mol. The highest BCUT2D eigenvalue weighted by atomic mass is 16.3. The van der Waals surface area contributed by atoms with E-state index < -0.39 is 12.1 Å². The minimum Gasteiger partial charge on any atom is -0.365 e. The van der Waals surface area contributed by atoms with Crippen LogP contribution in [0.2, 0.25) is 0 Å². The molecule has 0 aromatic rings. The fraction of sp³-hybridized carbons (Fsp3) is 0.667. The van der Waals surface area contributed by atoms with E-state index >= 15 is 0 Å². The van der Waals surface area contributed by atoms with Gasteiger partial charge in [-0.05, 0) is 0 Å². The van der Waals surface area contributed by atoms with Crippen molar-refractivity contribution >= 4 is 11.8 Å². The van der Waals surface area contributed by atoms with E-state index in [0.717, 1.165) is 4.90 Å². The summed E-state index contributed by atoms with van der Waals surface area (Å²) in [6.45, 7) is 0.0480. The van der Waals surface area contributed by atoms with Crippen molar-refractivity contribution < 1.29 is 14.7 Å². The molecular weight excluding hydrogens is 148 g/mol. The van der Waals surface area contributed by atoms with Gasteiger partial charge in [0.2, 0.25) is 12.1 Å². The third-order valence-electron chi connectivity index (χ3n) is 1.73. The predicted octanol–water partition coefficient (Wildman–Crippen LogP) is -1.76. The van der Waals surface area contributed by atoms with E-state index in [-0.39, 0.29) is 12.5 Å². The summed E-state index contributed by atoms with van der Waals surface area (Å²) < 4.78 is 0. The molecule has 0 radical (unpaired) electrons. The second-order valence-electron chi connectivity index (χ2n) is 2.57. The molecule has 0 spiro atoms. The molecule has 1 N–H and O–H groups in total. The number of aliphatic hydroxyl groups excluding tert-OH is 1. The standard InChI is InChI=1S/C6H10N2O3/c1-7-3-4(9)8(2)6(11)5(7)10/h6,11H,3H2,1-2H3. The van der Waals surface area contributed by atoms with Crippen LogP contribution in [0.5, 0.6) is 0 Å². The van der Waals surface area contributed by atoms with Gasteiger partial charge in [-0.2, -0.15) is 0 Å². The second kappa shape index (κ2) is 2.50. The first-order valence-corrected chi connectivity index (χ1v) is 3.22. The van der Waals surface area contributed by atoms with Gasteiger partial charge in [0.05, 0.1) is 6.54 Å². The van der Waals surface area contributed by atoms with Crippen LogP contribution in [0.1, 0.15) is 0 Å². The number of hydrogen-bond acceptors (Lipinski definition) is 3. The summed E-state index contributed by atoms with van der Waals surface area (Å²) in [6, 6.07) is 0. The molecule has 2 amide bonds. The van der Waals surface area contributed by atoms with Crippen molar-refractivity contribution in [2.75, 3.05) is 20.6 Å². The summed E-state index contributed by atoms with van der Waals surface area (Å²) in [5.74, 6) is -0.688. The van der Waals surface area contributed by atoms with Crippen LogP contribution < -0.4 is 0 Å². The molecule has 5 nitrogen and oxygen atoms in total. The van der Waals surface area contributed by atoms with Gasteiger partial charge in [-0.1, -0.05) is 0 Å².